The molecule has 1 amide bonds. The molecule has 0 saturated carbocycles. The Morgan fingerprint density at radius 1 is 1.47 bits per heavy atom. The number of carbonyl (C=O) groups excluding carboxylic acids is 1. The monoisotopic (exact) mass is 293 g/mol. The fraction of sp³-hybridized carbons (Fsp3) is 0.417. The van der Waals surface area contributed by atoms with Crippen molar-refractivity contribution in [2.24, 2.45) is 0 Å². The van der Waals surface area contributed by atoms with E-state index >= 15 is 0 Å². The third-order valence-electron chi connectivity index (χ3n) is 2.61. The second-order valence-corrected chi connectivity index (χ2v) is 3.89. The summed E-state index contributed by atoms with van der Waals surface area (Å²) in [6, 6.07) is 4.98. The van der Waals surface area contributed by atoms with Crippen LogP contribution in [0.1, 0.15) is 18.5 Å². The average Bonchev–Trinajstić information content (AvgIpc) is 2.34. The number of carbonyl (C=O) groups is 1. The van der Waals surface area contributed by atoms with Crippen molar-refractivity contribution in [3.63, 3.8) is 0 Å². The van der Waals surface area contributed by atoms with Crippen molar-refractivity contribution in [1.29, 1.82) is 0 Å². The summed E-state index contributed by atoms with van der Waals surface area (Å²) in [5.41, 5.74) is 0.251. The molecule has 1 aromatic rings. The largest absolute Gasteiger partial charge is 0.494 e. The van der Waals surface area contributed by atoms with E-state index in [2.05, 4.69) is 10.1 Å². The first kappa shape index (κ1) is 15.5. The molecule has 106 valence electrons. The van der Waals surface area contributed by atoms with E-state index in [1.807, 2.05) is 0 Å². The van der Waals surface area contributed by atoms with Crippen LogP contribution in [0.3, 0.4) is 0 Å². The van der Waals surface area contributed by atoms with Crippen LogP contribution in [0.2, 0.25) is 0 Å². The first-order valence-corrected chi connectivity index (χ1v) is 5.57. The van der Waals surface area contributed by atoms with Crippen molar-refractivity contribution in [2.45, 2.75) is 18.9 Å². The van der Waals surface area contributed by atoms with Gasteiger partial charge >= 0.3 is 12.0 Å². The van der Waals surface area contributed by atoms with E-state index in [0.29, 0.717) is 12.4 Å². The molecule has 1 N–H and O–H groups in total. The molecule has 2 rings (SSSR count). The highest BCUT2D eigenvalue weighted by Crippen LogP contribution is 2.38. The van der Waals surface area contributed by atoms with Gasteiger partial charge in [0, 0.05) is 5.56 Å². The SMILES string of the molecule is CCOc1ccccc1[C@@H]1NC(=O)OCC1(F)F.Cl. The normalized spacial score (nSPS) is 20.8. The third-order valence-corrected chi connectivity index (χ3v) is 2.61. The van der Waals surface area contributed by atoms with E-state index in [1.165, 1.54) is 6.07 Å². The van der Waals surface area contributed by atoms with Crippen LogP contribution < -0.4 is 10.1 Å². The molecule has 0 unspecified atom stereocenters. The fourth-order valence-electron chi connectivity index (χ4n) is 1.82. The van der Waals surface area contributed by atoms with Crippen molar-refractivity contribution in [1.82, 2.24) is 5.32 Å². The van der Waals surface area contributed by atoms with E-state index in [0.717, 1.165) is 0 Å². The molecule has 1 aliphatic rings. The van der Waals surface area contributed by atoms with Crippen molar-refractivity contribution >= 4 is 18.5 Å². The van der Waals surface area contributed by atoms with Crippen LogP contribution in [0.5, 0.6) is 5.75 Å². The number of ether oxygens (including phenoxy) is 2. The number of hydrogen-bond donors (Lipinski definition) is 1. The maximum atomic E-state index is 13.8. The third kappa shape index (κ3) is 3.26. The Morgan fingerprint density at radius 3 is 2.84 bits per heavy atom. The van der Waals surface area contributed by atoms with Gasteiger partial charge in [0.25, 0.3) is 0 Å². The highest BCUT2D eigenvalue weighted by molar-refractivity contribution is 5.85. The zero-order valence-electron chi connectivity index (χ0n) is 10.2. The molecule has 1 fully saturated rings. The quantitative estimate of drug-likeness (QED) is 0.932. The molecule has 0 aliphatic carbocycles. The number of alkyl carbamates (subject to hydrolysis) is 1. The molecule has 0 spiro atoms. The minimum atomic E-state index is -3.17. The number of para-hydroxylation sites is 1. The topological polar surface area (TPSA) is 47.6 Å². The van der Waals surface area contributed by atoms with Crippen LogP contribution in [-0.4, -0.2) is 25.2 Å². The molecule has 7 heteroatoms. The first-order chi connectivity index (χ1) is 8.54. The Bertz CT molecular complexity index is 456. The molecule has 4 nitrogen and oxygen atoms in total. The smallest absolute Gasteiger partial charge is 0.408 e. The summed E-state index contributed by atoms with van der Waals surface area (Å²) in [6.45, 7) is 1.20. The molecule has 1 heterocycles. The first-order valence-electron chi connectivity index (χ1n) is 5.57. The molecule has 1 aromatic carbocycles. The van der Waals surface area contributed by atoms with E-state index in [4.69, 9.17) is 4.74 Å². The second-order valence-electron chi connectivity index (χ2n) is 3.89. The minimum absolute atomic E-state index is 0. The van der Waals surface area contributed by atoms with Gasteiger partial charge in [-0.25, -0.2) is 13.6 Å². The number of nitrogens with one attached hydrogen (secondary N) is 1. The number of halogens is 3. The molecule has 0 radical (unpaired) electrons. The average molecular weight is 294 g/mol. The summed E-state index contributed by atoms with van der Waals surface area (Å²) in [6.07, 6.45) is -0.850. The predicted octanol–water partition coefficient (Wildman–Crippen LogP) is 2.92. The Morgan fingerprint density at radius 2 is 2.16 bits per heavy atom. The van der Waals surface area contributed by atoms with E-state index < -0.39 is 24.7 Å². The number of benzene rings is 1. The van der Waals surface area contributed by atoms with Crippen LogP contribution in [0, 0.1) is 0 Å². The van der Waals surface area contributed by atoms with Crippen LogP contribution >= 0.6 is 12.4 Å². The minimum Gasteiger partial charge on any atom is -0.494 e. The van der Waals surface area contributed by atoms with Gasteiger partial charge in [0.15, 0.2) is 6.61 Å². The molecule has 19 heavy (non-hydrogen) atoms. The Balaban J connectivity index is 0.00000180. The summed E-state index contributed by atoms with van der Waals surface area (Å²) in [7, 11) is 0. The van der Waals surface area contributed by atoms with Gasteiger partial charge < -0.3 is 14.8 Å². The molecule has 0 bridgehead atoms. The van der Waals surface area contributed by atoms with Crippen LogP contribution in [0.15, 0.2) is 24.3 Å². The summed E-state index contributed by atoms with van der Waals surface area (Å²) in [5.74, 6) is -2.83. The van der Waals surface area contributed by atoms with Gasteiger partial charge in [-0.3, -0.25) is 0 Å². The highest BCUT2D eigenvalue weighted by Gasteiger charge is 2.47. The molecule has 1 saturated heterocycles. The van der Waals surface area contributed by atoms with Gasteiger partial charge in [0.2, 0.25) is 0 Å². The number of hydrogen-bond acceptors (Lipinski definition) is 3. The van der Waals surface area contributed by atoms with Gasteiger partial charge in [-0.2, -0.15) is 0 Å². The molecular weight excluding hydrogens is 280 g/mol. The van der Waals surface area contributed by atoms with Crippen molar-refractivity contribution < 1.29 is 23.0 Å². The fourth-order valence-corrected chi connectivity index (χ4v) is 1.82. The van der Waals surface area contributed by atoms with Crippen LogP contribution in [0.25, 0.3) is 0 Å². The number of amides is 1. The highest BCUT2D eigenvalue weighted by atomic mass is 35.5. The predicted molar refractivity (Wildman–Crippen MR) is 67.0 cm³/mol. The van der Waals surface area contributed by atoms with Crippen molar-refractivity contribution in [3.05, 3.63) is 29.8 Å². The number of alkyl halides is 2. The van der Waals surface area contributed by atoms with Gasteiger partial charge in [0.1, 0.15) is 11.8 Å². The van der Waals surface area contributed by atoms with Gasteiger partial charge in [-0.1, -0.05) is 18.2 Å². The standard InChI is InChI=1S/C12H13F2NO3.ClH/c1-2-17-9-6-4-3-5-8(9)10-12(13,14)7-18-11(16)15-10;/h3-6,10H,2,7H2,1H3,(H,15,16);1H/t10-;/m0./s1. The lowest BCUT2D eigenvalue weighted by molar-refractivity contribution is -0.104. The van der Waals surface area contributed by atoms with E-state index in [1.54, 1.807) is 25.1 Å². The summed E-state index contributed by atoms with van der Waals surface area (Å²) >= 11 is 0. The lowest BCUT2D eigenvalue weighted by atomic mass is 9.99. The van der Waals surface area contributed by atoms with Gasteiger partial charge in [0.05, 0.1) is 6.61 Å². The molecular formula is C12H14ClF2NO3. The van der Waals surface area contributed by atoms with E-state index in [-0.39, 0.29) is 18.0 Å². The number of cyclic esters (lactones) is 1. The van der Waals surface area contributed by atoms with Gasteiger partial charge in [-0.15, -0.1) is 12.4 Å². The molecule has 0 aromatic heterocycles. The zero-order chi connectivity index (χ0) is 13.2. The maximum absolute atomic E-state index is 13.8. The number of rotatable bonds is 3. The zero-order valence-corrected chi connectivity index (χ0v) is 11.0. The van der Waals surface area contributed by atoms with E-state index in [9.17, 15) is 13.6 Å². The van der Waals surface area contributed by atoms with Crippen LogP contribution in [0.4, 0.5) is 13.6 Å². The Hall–Kier alpha value is -1.56. The maximum Gasteiger partial charge on any atom is 0.408 e. The summed E-state index contributed by atoms with van der Waals surface area (Å²) in [4.78, 5) is 11.1. The molecule has 1 aliphatic heterocycles. The Kier molecular flexibility index (Phi) is 4.94. The van der Waals surface area contributed by atoms with Crippen molar-refractivity contribution in [3.8, 4) is 5.75 Å². The lowest BCUT2D eigenvalue weighted by Crippen LogP contribution is -2.49. The summed E-state index contributed by atoms with van der Waals surface area (Å²) < 4.78 is 37.1. The van der Waals surface area contributed by atoms with Crippen molar-refractivity contribution in [2.75, 3.05) is 13.2 Å². The van der Waals surface area contributed by atoms with Crippen LogP contribution in [-0.2, 0) is 4.74 Å². The summed E-state index contributed by atoms with van der Waals surface area (Å²) in [5, 5.41) is 2.13. The Labute approximate surface area is 115 Å². The molecule has 1 atom stereocenters. The lowest BCUT2D eigenvalue weighted by Gasteiger charge is -2.32. The second kappa shape index (κ2) is 6.06. The van der Waals surface area contributed by atoms with Gasteiger partial charge in [-0.05, 0) is 13.0 Å².